The zero-order chi connectivity index (χ0) is 24.5. The van der Waals surface area contributed by atoms with Gasteiger partial charge in [0.15, 0.2) is 16.9 Å². The highest BCUT2D eigenvalue weighted by Crippen LogP contribution is 2.39. The number of aromatic hydroxyl groups is 1. The Hall–Kier alpha value is -3.21. The standard InChI is InChI=1S/C24H29N5O4S/c1-24(2,3)20(15-8-5-4-6-9-15)26-22-21(27-34(33)28-22)25-18-11-7-10-17(19(18)31)23(32)29-13-12-16(30)14-29/h4-11,16,20,30-31H,12-14H2,1-3H3,(H,25,27)(H,26,28)/t16-,20+,34?/m1/s1. The second-order valence-corrected chi connectivity index (χ2v) is 10.3. The number of hydrogen-bond donors (Lipinski definition) is 4. The van der Waals surface area contributed by atoms with E-state index in [1.807, 2.05) is 30.3 Å². The van der Waals surface area contributed by atoms with Crippen LogP contribution in [0, 0.1) is 5.41 Å². The Bertz CT molecular complexity index is 1160. The highest BCUT2D eigenvalue weighted by Gasteiger charge is 2.31. The molecule has 2 aromatic carbocycles. The van der Waals surface area contributed by atoms with Crippen molar-refractivity contribution in [2.45, 2.75) is 39.3 Å². The molecule has 4 rings (SSSR count). The zero-order valence-electron chi connectivity index (χ0n) is 19.4. The SMILES string of the molecule is CC(C)(C)[C@@H](Nc1n[s+]([O-])nc1Nc1cccc(C(=O)N2CC[C@@H](O)C2)c1O)c1ccccc1. The van der Waals surface area contributed by atoms with Crippen molar-refractivity contribution in [1.29, 1.82) is 0 Å². The molecule has 1 aliphatic heterocycles. The van der Waals surface area contributed by atoms with E-state index in [0.29, 0.717) is 18.8 Å². The average molecular weight is 484 g/mol. The molecule has 0 spiro atoms. The van der Waals surface area contributed by atoms with Crippen LogP contribution in [0.2, 0.25) is 0 Å². The van der Waals surface area contributed by atoms with Crippen LogP contribution in [0.25, 0.3) is 0 Å². The number of hydrogen-bond acceptors (Lipinski definition) is 8. The highest BCUT2D eigenvalue weighted by molar-refractivity contribution is 7.14. The molecule has 180 valence electrons. The molecule has 3 atom stereocenters. The number of aliphatic hydroxyl groups is 1. The number of benzene rings is 2. The fourth-order valence-electron chi connectivity index (χ4n) is 4.06. The molecular formula is C24H29N5O4S. The number of aliphatic hydroxyl groups excluding tert-OH is 1. The summed E-state index contributed by atoms with van der Waals surface area (Å²) in [6.45, 7) is 6.92. The van der Waals surface area contributed by atoms with E-state index in [1.54, 1.807) is 12.1 Å². The summed E-state index contributed by atoms with van der Waals surface area (Å²) < 4.78 is 20.4. The second-order valence-electron chi connectivity index (χ2n) is 9.48. The molecule has 2 heterocycles. The number of nitrogens with one attached hydrogen (secondary N) is 2. The second kappa shape index (κ2) is 9.57. The van der Waals surface area contributed by atoms with E-state index >= 15 is 0 Å². The molecule has 1 amide bonds. The van der Waals surface area contributed by atoms with Crippen molar-refractivity contribution in [2.24, 2.45) is 5.41 Å². The Morgan fingerprint density at radius 1 is 1.15 bits per heavy atom. The summed E-state index contributed by atoms with van der Waals surface area (Å²) in [5.74, 6) is -0.0940. The quantitative estimate of drug-likeness (QED) is 0.305. The Morgan fingerprint density at radius 3 is 2.50 bits per heavy atom. The van der Waals surface area contributed by atoms with Crippen LogP contribution in [0.1, 0.15) is 49.2 Å². The molecule has 9 nitrogen and oxygen atoms in total. The highest BCUT2D eigenvalue weighted by atomic mass is 32.2. The number of nitrogens with zero attached hydrogens (tertiary/aromatic N) is 3. The van der Waals surface area contributed by atoms with E-state index in [0.717, 1.165) is 5.56 Å². The molecule has 3 aromatic rings. The van der Waals surface area contributed by atoms with Crippen molar-refractivity contribution < 1.29 is 19.6 Å². The Morgan fingerprint density at radius 2 is 1.85 bits per heavy atom. The number of aromatic nitrogens is 2. The number of β-amino-alcohol motifs (C(OH)–C–C–N with tert-alkyl or cyclic N) is 1. The first-order valence-electron chi connectivity index (χ1n) is 11.1. The van der Waals surface area contributed by atoms with Crippen LogP contribution in [0.4, 0.5) is 17.3 Å². The maximum Gasteiger partial charge on any atom is 0.257 e. The van der Waals surface area contributed by atoms with E-state index in [1.165, 1.54) is 11.0 Å². The number of anilines is 3. The minimum Gasteiger partial charge on any atom is -0.546 e. The lowest BCUT2D eigenvalue weighted by molar-refractivity contribution is 0.0762. The van der Waals surface area contributed by atoms with Crippen LogP contribution in [-0.4, -0.2) is 53.5 Å². The van der Waals surface area contributed by atoms with Crippen molar-refractivity contribution in [2.75, 3.05) is 23.7 Å². The minimum absolute atomic E-state index is 0.113. The van der Waals surface area contributed by atoms with Gasteiger partial charge in [0.1, 0.15) is 0 Å². The fourth-order valence-corrected chi connectivity index (χ4v) is 4.69. The predicted octanol–water partition coefficient (Wildman–Crippen LogP) is 4.06. The zero-order valence-corrected chi connectivity index (χ0v) is 20.2. The van der Waals surface area contributed by atoms with Crippen molar-refractivity contribution >= 4 is 34.4 Å². The average Bonchev–Trinajstić information content (AvgIpc) is 3.37. The largest absolute Gasteiger partial charge is 0.546 e. The Balaban J connectivity index is 1.61. The lowest BCUT2D eigenvalue weighted by Crippen LogP contribution is -2.29. The van der Waals surface area contributed by atoms with Crippen LogP contribution in [-0.2, 0) is 0 Å². The summed E-state index contributed by atoms with van der Waals surface area (Å²) in [4.78, 5) is 14.4. The summed E-state index contributed by atoms with van der Waals surface area (Å²) in [6.07, 6.45) is -0.0463. The first-order chi connectivity index (χ1) is 16.1. The van der Waals surface area contributed by atoms with Crippen LogP contribution < -0.4 is 10.6 Å². The van der Waals surface area contributed by atoms with Gasteiger partial charge in [0.25, 0.3) is 5.91 Å². The Kier molecular flexibility index (Phi) is 6.74. The third kappa shape index (κ3) is 5.14. The van der Waals surface area contributed by atoms with E-state index in [9.17, 15) is 19.6 Å². The number of para-hydroxylation sites is 1. The van der Waals surface area contributed by atoms with Crippen LogP contribution in [0.3, 0.4) is 0 Å². The first-order valence-corrected chi connectivity index (χ1v) is 12.2. The summed E-state index contributed by atoms with van der Waals surface area (Å²) in [5, 5.41) is 26.9. The maximum absolute atomic E-state index is 12.8. The smallest absolute Gasteiger partial charge is 0.257 e. The third-order valence-electron chi connectivity index (χ3n) is 5.81. The molecule has 1 aliphatic rings. The van der Waals surface area contributed by atoms with Gasteiger partial charge in [0.2, 0.25) is 11.6 Å². The van der Waals surface area contributed by atoms with Crippen LogP contribution in [0.5, 0.6) is 5.75 Å². The third-order valence-corrected chi connectivity index (χ3v) is 6.49. The number of phenols is 1. The van der Waals surface area contributed by atoms with E-state index in [2.05, 4.69) is 40.2 Å². The van der Waals surface area contributed by atoms with Gasteiger partial charge in [0.05, 0.1) is 23.4 Å². The maximum atomic E-state index is 12.8. The summed E-state index contributed by atoms with van der Waals surface area (Å²) in [7, 11) is 0. The van der Waals surface area contributed by atoms with Gasteiger partial charge in [0, 0.05) is 21.8 Å². The molecule has 1 aromatic heterocycles. The monoisotopic (exact) mass is 483 g/mol. The van der Waals surface area contributed by atoms with Crippen molar-refractivity contribution in [1.82, 2.24) is 13.6 Å². The predicted molar refractivity (Wildman–Crippen MR) is 131 cm³/mol. The van der Waals surface area contributed by atoms with Gasteiger partial charge in [-0.1, -0.05) is 57.2 Å². The number of phenolic OH excluding ortho intramolecular Hbond substituents is 1. The van der Waals surface area contributed by atoms with Crippen LogP contribution in [0.15, 0.2) is 48.5 Å². The van der Waals surface area contributed by atoms with Crippen molar-refractivity contribution in [3.63, 3.8) is 0 Å². The normalized spacial score (nSPS) is 17.5. The van der Waals surface area contributed by atoms with Gasteiger partial charge in [-0.3, -0.25) is 4.79 Å². The molecular weight excluding hydrogens is 454 g/mol. The van der Waals surface area contributed by atoms with Gasteiger partial charge in [-0.25, -0.2) is 0 Å². The number of likely N-dealkylation sites (tertiary alicyclic amines) is 1. The van der Waals surface area contributed by atoms with Gasteiger partial charge in [-0.2, -0.15) is 0 Å². The van der Waals surface area contributed by atoms with Gasteiger partial charge >= 0.3 is 0 Å². The van der Waals surface area contributed by atoms with Crippen molar-refractivity contribution in [3.05, 3.63) is 59.7 Å². The molecule has 34 heavy (non-hydrogen) atoms. The van der Waals surface area contributed by atoms with E-state index in [-0.39, 0.29) is 46.7 Å². The molecule has 4 N–H and O–H groups in total. The van der Waals surface area contributed by atoms with E-state index in [4.69, 9.17) is 0 Å². The van der Waals surface area contributed by atoms with E-state index < -0.39 is 17.2 Å². The number of carbonyl (C=O) groups excluding carboxylic acids is 1. The molecule has 10 heteroatoms. The topological polar surface area (TPSA) is 134 Å². The minimum atomic E-state index is -1.82. The Labute approximate surface area is 201 Å². The van der Waals surface area contributed by atoms with Crippen molar-refractivity contribution in [3.8, 4) is 5.75 Å². The lowest BCUT2D eigenvalue weighted by Gasteiger charge is -2.31. The van der Waals surface area contributed by atoms with Crippen LogP contribution >= 0.6 is 11.1 Å². The molecule has 1 unspecified atom stereocenters. The number of carbonyl (C=O) groups is 1. The summed E-state index contributed by atoms with van der Waals surface area (Å²) >= 11 is -1.82. The number of rotatable bonds is 6. The fraction of sp³-hybridized carbons (Fsp3) is 0.375. The van der Waals surface area contributed by atoms with Gasteiger partial charge in [-0.05, 0) is 29.5 Å². The molecule has 0 saturated carbocycles. The lowest BCUT2D eigenvalue weighted by atomic mass is 9.82. The molecule has 1 saturated heterocycles. The molecule has 0 radical (unpaired) electrons. The van der Waals surface area contributed by atoms with Gasteiger partial charge in [-0.15, -0.1) is 0 Å². The summed E-state index contributed by atoms with van der Waals surface area (Å²) in [5.41, 5.74) is 1.19. The first kappa shape index (κ1) is 23.9. The number of amides is 1. The summed E-state index contributed by atoms with van der Waals surface area (Å²) in [6, 6.07) is 14.5. The molecule has 0 aliphatic carbocycles. The molecule has 0 bridgehead atoms. The van der Waals surface area contributed by atoms with Gasteiger partial charge < -0.3 is 30.3 Å². The molecule has 1 fully saturated rings.